The second-order valence-corrected chi connectivity index (χ2v) is 10.1. The molecule has 0 spiro atoms. The quantitative estimate of drug-likeness (QED) is 0.321. The molecule has 0 fully saturated rings. The molecule has 0 saturated heterocycles. The zero-order valence-corrected chi connectivity index (χ0v) is 22.8. The van der Waals surface area contributed by atoms with Crippen molar-refractivity contribution in [1.29, 1.82) is 0 Å². The highest BCUT2D eigenvalue weighted by Gasteiger charge is 2.33. The van der Waals surface area contributed by atoms with E-state index in [1.165, 1.54) is 23.0 Å². The van der Waals surface area contributed by atoms with Crippen LogP contribution < -0.4 is 14.9 Å². The van der Waals surface area contributed by atoms with Crippen LogP contribution in [-0.4, -0.2) is 30.2 Å². The topological polar surface area (TPSA) is 100 Å². The Morgan fingerprint density at radius 2 is 1.90 bits per heavy atom. The molecule has 2 aromatic carbocycles. The second-order valence-electron chi connectivity index (χ2n) is 8.63. The average molecular weight is 563 g/mol. The van der Waals surface area contributed by atoms with Gasteiger partial charge in [0.05, 0.1) is 41.1 Å². The van der Waals surface area contributed by atoms with Crippen LogP contribution in [-0.2, 0) is 14.3 Å². The number of furan rings is 1. The fourth-order valence-corrected chi connectivity index (χ4v) is 5.54. The minimum Gasteiger partial charge on any atom is -0.465 e. The van der Waals surface area contributed by atoms with E-state index in [-0.39, 0.29) is 12.2 Å². The van der Waals surface area contributed by atoms with E-state index in [9.17, 15) is 14.4 Å². The predicted molar refractivity (Wildman–Crippen MR) is 147 cm³/mol. The number of aromatic nitrogens is 1. The number of allylic oxidation sites excluding steroid dienone is 1. The first-order valence-corrected chi connectivity index (χ1v) is 13.2. The largest absolute Gasteiger partial charge is 0.465 e. The lowest BCUT2D eigenvalue weighted by Crippen LogP contribution is -2.39. The highest BCUT2D eigenvalue weighted by Crippen LogP contribution is 2.31. The number of rotatable bonds is 6. The van der Waals surface area contributed by atoms with E-state index in [0.717, 1.165) is 0 Å². The smallest absolute Gasteiger partial charge is 0.338 e. The van der Waals surface area contributed by atoms with Gasteiger partial charge in [0.25, 0.3) is 5.56 Å². The molecule has 1 aliphatic rings. The molecule has 0 radical (unpaired) electrons. The molecular weight excluding hydrogens is 540 g/mol. The van der Waals surface area contributed by atoms with E-state index in [2.05, 4.69) is 4.99 Å². The second kappa shape index (κ2) is 10.9. The summed E-state index contributed by atoms with van der Waals surface area (Å²) >= 11 is 7.30. The van der Waals surface area contributed by atoms with Crippen molar-refractivity contribution in [1.82, 2.24) is 4.57 Å². The lowest BCUT2D eigenvalue weighted by Gasteiger charge is -2.24. The number of hydrogen-bond donors (Lipinski definition) is 0. The molecule has 5 rings (SSSR count). The van der Waals surface area contributed by atoms with Gasteiger partial charge in [-0.2, -0.15) is 0 Å². The number of hydrogen-bond acceptors (Lipinski definition) is 8. The van der Waals surface area contributed by atoms with Crippen LogP contribution >= 0.6 is 22.9 Å². The lowest BCUT2D eigenvalue weighted by atomic mass is 9.96. The van der Waals surface area contributed by atoms with Crippen molar-refractivity contribution >= 4 is 41.0 Å². The van der Waals surface area contributed by atoms with Crippen LogP contribution in [0.3, 0.4) is 0 Å². The Hall–Kier alpha value is -4.21. The van der Waals surface area contributed by atoms with E-state index in [4.69, 9.17) is 25.5 Å². The monoisotopic (exact) mass is 562 g/mol. The Labute approximate surface area is 232 Å². The van der Waals surface area contributed by atoms with Crippen LogP contribution in [0.15, 0.2) is 86.1 Å². The molecule has 3 heterocycles. The number of halogens is 1. The Bertz CT molecular complexity index is 1800. The minimum absolute atomic E-state index is 0.191. The Kier molecular flexibility index (Phi) is 7.36. The maximum atomic E-state index is 13.7. The fraction of sp³-hybridized carbons (Fsp3) is 0.172. The van der Waals surface area contributed by atoms with Crippen molar-refractivity contribution in [3.05, 3.63) is 114 Å². The van der Waals surface area contributed by atoms with Gasteiger partial charge in [0.15, 0.2) is 4.80 Å². The molecule has 0 saturated carbocycles. The molecule has 8 nitrogen and oxygen atoms in total. The van der Waals surface area contributed by atoms with Gasteiger partial charge >= 0.3 is 11.9 Å². The SMILES string of the molecule is CCOC(=O)C1=C(C)N=c2s/c(=C/c3ccc(-c4cccc(C(=O)OC)c4)o3)c(=O)n2[C@H]1c1ccc(Cl)cc1. The fourth-order valence-electron chi connectivity index (χ4n) is 4.38. The first kappa shape index (κ1) is 26.4. The minimum atomic E-state index is -0.729. The summed E-state index contributed by atoms with van der Waals surface area (Å²) in [6.07, 6.45) is 1.64. The van der Waals surface area contributed by atoms with Gasteiger partial charge in [-0.15, -0.1) is 0 Å². The van der Waals surface area contributed by atoms with Crippen LogP contribution in [0.25, 0.3) is 17.4 Å². The van der Waals surface area contributed by atoms with Crippen molar-refractivity contribution in [2.75, 3.05) is 13.7 Å². The normalized spacial score (nSPS) is 15.1. The molecule has 0 unspecified atom stereocenters. The molecule has 10 heteroatoms. The van der Waals surface area contributed by atoms with E-state index in [1.54, 1.807) is 74.5 Å². The zero-order valence-electron chi connectivity index (χ0n) is 21.3. The average Bonchev–Trinajstić information content (AvgIpc) is 3.52. The third-order valence-corrected chi connectivity index (χ3v) is 7.41. The maximum absolute atomic E-state index is 13.7. The number of carbonyl (C=O) groups is 2. The van der Waals surface area contributed by atoms with E-state index in [0.29, 0.717) is 53.8 Å². The van der Waals surface area contributed by atoms with Gasteiger partial charge in [0.2, 0.25) is 0 Å². The summed E-state index contributed by atoms with van der Waals surface area (Å²) in [5.41, 5.74) is 2.25. The first-order chi connectivity index (χ1) is 18.8. The number of carbonyl (C=O) groups excluding carboxylic acids is 2. The van der Waals surface area contributed by atoms with Gasteiger partial charge in [0.1, 0.15) is 11.5 Å². The van der Waals surface area contributed by atoms with Gasteiger partial charge in [-0.3, -0.25) is 9.36 Å². The highest BCUT2D eigenvalue weighted by molar-refractivity contribution is 7.07. The van der Waals surface area contributed by atoms with E-state index < -0.39 is 18.0 Å². The van der Waals surface area contributed by atoms with Crippen LogP contribution in [0.1, 0.15) is 41.6 Å². The molecular formula is C29H23ClN2O6S. The Morgan fingerprint density at radius 1 is 1.13 bits per heavy atom. The Morgan fingerprint density at radius 3 is 2.62 bits per heavy atom. The van der Waals surface area contributed by atoms with Gasteiger partial charge in [-0.25, -0.2) is 14.6 Å². The molecule has 0 amide bonds. The van der Waals surface area contributed by atoms with Gasteiger partial charge < -0.3 is 13.9 Å². The molecule has 0 aliphatic carbocycles. The van der Waals surface area contributed by atoms with Crippen molar-refractivity contribution < 1.29 is 23.5 Å². The molecule has 198 valence electrons. The predicted octanol–water partition coefficient (Wildman–Crippen LogP) is 4.50. The summed E-state index contributed by atoms with van der Waals surface area (Å²) in [5, 5.41) is 0.537. The van der Waals surface area contributed by atoms with Crippen LogP contribution in [0.4, 0.5) is 0 Å². The molecule has 2 aromatic heterocycles. The number of thiazole rings is 1. The summed E-state index contributed by atoms with van der Waals surface area (Å²) in [6, 6.07) is 16.6. The van der Waals surface area contributed by atoms with E-state index >= 15 is 0 Å². The third kappa shape index (κ3) is 5.10. The number of esters is 2. The van der Waals surface area contributed by atoms with Gasteiger partial charge in [-0.1, -0.05) is 47.2 Å². The number of benzene rings is 2. The number of fused-ring (bicyclic) bond motifs is 1. The van der Waals surface area contributed by atoms with Gasteiger partial charge in [0, 0.05) is 16.7 Å². The molecule has 1 atom stereocenters. The van der Waals surface area contributed by atoms with Crippen molar-refractivity contribution in [2.24, 2.45) is 4.99 Å². The van der Waals surface area contributed by atoms with E-state index in [1.807, 2.05) is 6.07 Å². The van der Waals surface area contributed by atoms with Crippen LogP contribution in [0, 0.1) is 0 Å². The standard InChI is InChI=1S/C29H23ClN2O6S/c1-4-37-28(35)24-16(2)31-29-32(25(24)17-8-10-20(30)11-9-17)26(33)23(39-29)15-21-12-13-22(38-21)18-6-5-7-19(14-18)27(34)36-3/h5-15,25H,4H2,1-3H3/b23-15+/t25-/m0/s1. The Balaban J connectivity index is 1.60. The molecule has 4 aromatic rings. The number of ether oxygens (including phenoxy) is 2. The zero-order chi connectivity index (χ0) is 27.7. The molecule has 0 N–H and O–H groups in total. The summed E-state index contributed by atoms with van der Waals surface area (Å²) in [7, 11) is 1.32. The van der Waals surface area contributed by atoms with Crippen molar-refractivity contribution in [2.45, 2.75) is 19.9 Å². The van der Waals surface area contributed by atoms with Crippen molar-refractivity contribution in [3.63, 3.8) is 0 Å². The first-order valence-electron chi connectivity index (χ1n) is 12.0. The highest BCUT2D eigenvalue weighted by atomic mass is 35.5. The lowest BCUT2D eigenvalue weighted by molar-refractivity contribution is -0.139. The van der Waals surface area contributed by atoms with Crippen LogP contribution in [0.5, 0.6) is 0 Å². The maximum Gasteiger partial charge on any atom is 0.338 e. The molecule has 1 aliphatic heterocycles. The van der Waals surface area contributed by atoms with Crippen LogP contribution in [0.2, 0.25) is 5.02 Å². The molecule has 39 heavy (non-hydrogen) atoms. The summed E-state index contributed by atoms with van der Waals surface area (Å²) in [6.45, 7) is 3.65. The molecule has 0 bridgehead atoms. The third-order valence-electron chi connectivity index (χ3n) is 6.17. The number of nitrogens with zero attached hydrogens (tertiary/aromatic N) is 2. The van der Waals surface area contributed by atoms with Gasteiger partial charge in [-0.05, 0) is 55.8 Å². The number of methoxy groups -OCH3 is 1. The van der Waals surface area contributed by atoms with Crippen molar-refractivity contribution in [3.8, 4) is 11.3 Å². The summed E-state index contributed by atoms with van der Waals surface area (Å²) in [5.74, 6) is -0.00216. The summed E-state index contributed by atoms with van der Waals surface area (Å²) in [4.78, 5) is 43.6. The summed E-state index contributed by atoms with van der Waals surface area (Å²) < 4.78 is 18.0.